The number of allylic oxidation sites excluding steroid dienone is 1. The molecule has 2 aliphatic heterocycles. The summed E-state index contributed by atoms with van der Waals surface area (Å²) in [6.45, 7) is 7.11. The topological polar surface area (TPSA) is 94.2 Å². The highest BCUT2D eigenvalue weighted by Gasteiger charge is 2.55. The van der Waals surface area contributed by atoms with Crippen LogP contribution in [0.1, 0.15) is 33.3 Å². The smallest absolute Gasteiger partial charge is 0.408 e. The third-order valence-corrected chi connectivity index (χ3v) is 4.34. The summed E-state index contributed by atoms with van der Waals surface area (Å²) >= 11 is 0. The average Bonchev–Trinajstić information content (AvgIpc) is 2.63. The van der Waals surface area contributed by atoms with E-state index < -0.39 is 35.7 Å². The highest BCUT2D eigenvalue weighted by atomic mass is 16.6. The third kappa shape index (κ3) is 4.11. The van der Waals surface area contributed by atoms with Crippen LogP contribution in [0.5, 0.6) is 0 Å². The summed E-state index contributed by atoms with van der Waals surface area (Å²) in [5.41, 5.74) is 0.210. The van der Waals surface area contributed by atoms with Crippen LogP contribution in [0.3, 0.4) is 0 Å². The number of alkyl carbamates (subject to hydrolysis) is 1. The highest BCUT2D eigenvalue weighted by molar-refractivity contribution is 6.01. The largest absolute Gasteiger partial charge is 0.494 e. The van der Waals surface area contributed by atoms with E-state index in [9.17, 15) is 14.4 Å². The van der Waals surface area contributed by atoms with Crippen molar-refractivity contribution in [1.82, 2.24) is 10.2 Å². The lowest BCUT2D eigenvalue weighted by atomic mass is 9.93. The number of β-lactam (4-membered cyclic amide) rings is 1. The van der Waals surface area contributed by atoms with Crippen LogP contribution in [0.15, 0.2) is 41.8 Å². The van der Waals surface area contributed by atoms with E-state index in [0.717, 1.165) is 5.56 Å². The van der Waals surface area contributed by atoms with E-state index in [0.29, 0.717) is 5.76 Å². The first kappa shape index (κ1) is 19.7. The Hall–Kier alpha value is -3.03. The minimum absolute atomic E-state index is 0.0758. The number of esters is 1. The van der Waals surface area contributed by atoms with Gasteiger partial charge in [0.25, 0.3) is 5.91 Å². The third-order valence-electron chi connectivity index (χ3n) is 4.34. The van der Waals surface area contributed by atoms with Crippen molar-refractivity contribution in [2.75, 3.05) is 6.61 Å². The summed E-state index contributed by atoms with van der Waals surface area (Å²) in [6.07, 6.45) is -0.702. The van der Waals surface area contributed by atoms with Gasteiger partial charge in [0, 0.05) is 0 Å². The molecule has 8 nitrogen and oxygen atoms in total. The summed E-state index contributed by atoms with van der Waals surface area (Å²) in [5, 5.41) is 2.55. The Bertz CT molecular complexity index is 812. The van der Waals surface area contributed by atoms with Crippen molar-refractivity contribution < 1.29 is 28.6 Å². The van der Waals surface area contributed by atoms with Gasteiger partial charge in [-0.15, -0.1) is 0 Å². The van der Waals surface area contributed by atoms with E-state index in [-0.39, 0.29) is 18.9 Å². The molecule has 150 valence electrons. The monoisotopic (exact) mass is 388 g/mol. The molecule has 0 spiro atoms. The van der Waals surface area contributed by atoms with Crippen molar-refractivity contribution in [3.05, 3.63) is 47.4 Å². The van der Waals surface area contributed by atoms with Crippen LogP contribution in [0.4, 0.5) is 4.79 Å². The Morgan fingerprint density at radius 2 is 1.93 bits per heavy atom. The van der Waals surface area contributed by atoms with Gasteiger partial charge in [0.15, 0.2) is 5.70 Å². The first-order chi connectivity index (χ1) is 13.2. The standard InChI is InChI=1S/C20H24N2O6/c1-12-16(18(24)28-20(2,3)4)22-14(11-26-12)15(17(22)23)21-19(25)27-10-13-8-6-5-7-9-13/h5-9,14-15H,10-11H2,1-4H3,(H,21,25)/t14-,15-/m1/s1. The normalized spacial score (nSPS) is 21.3. The fourth-order valence-electron chi connectivity index (χ4n) is 3.06. The van der Waals surface area contributed by atoms with Crippen LogP contribution in [0, 0.1) is 0 Å². The fraction of sp³-hybridized carbons (Fsp3) is 0.450. The maximum Gasteiger partial charge on any atom is 0.408 e. The van der Waals surface area contributed by atoms with Gasteiger partial charge in [-0.05, 0) is 33.3 Å². The quantitative estimate of drug-likeness (QED) is 0.627. The van der Waals surface area contributed by atoms with Crippen molar-refractivity contribution in [3.63, 3.8) is 0 Å². The number of nitrogens with one attached hydrogen (secondary N) is 1. The lowest BCUT2D eigenvalue weighted by Crippen LogP contribution is -2.73. The summed E-state index contributed by atoms with van der Waals surface area (Å²) in [5.74, 6) is -0.706. The van der Waals surface area contributed by atoms with E-state index in [4.69, 9.17) is 14.2 Å². The molecule has 0 bridgehead atoms. The molecular formula is C20H24N2O6. The number of hydrogen-bond acceptors (Lipinski definition) is 6. The van der Waals surface area contributed by atoms with Gasteiger partial charge in [-0.25, -0.2) is 9.59 Å². The molecule has 1 fully saturated rings. The van der Waals surface area contributed by atoms with Gasteiger partial charge >= 0.3 is 12.1 Å². The molecule has 0 aliphatic carbocycles. The molecule has 0 aromatic heterocycles. The maximum atomic E-state index is 12.6. The van der Waals surface area contributed by atoms with Gasteiger partial charge in [-0.3, -0.25) is 9.69 Å². The molecule has 1 aromatic carbocycles. The van der Waals surface area contributed by atoms with E-state index in [1.165, 1.54) is 4.90 Å². The van der Waals surface area contributed by atoms with Gasteiger partial charge in [0.2, 0.25) is 0 Å². The van der Waals surface area contributed by atoms with Crippen LogP contribution in [0.2, 0.25) is 0 Å². The molecule has 28 heavy (non-hydrogen) atoms. The number of carbonyl (C=O) groups excluding carboxylic acids is 3. The molecule has 1 aromatic rings. The molecule has 1 N–H and O–H groups in total. The first-order valence-corrected chi connectivity index (χ1v) is 9.04. The molecule has 0 unspecified atom stereocenters. The molecule has 2 heterocycles. The molecule has 2 aliphatic rings. The zero-order valence-corrected chi connectivity index (χ0v) is 16.4. The Morgan fingerprint density at radius 3 is 2.57 bits per heavy atom. The molecule has 0 saturated carbocycles. The zero-order chi connectivity index (χ0) is 20.5. The number of rotatable bonds is 4. The maximum absolute atomic E-state index is 12.6. The molecule has 8 heteroatoms. The molecule has 0 radical (unpaired) electrons. The molecule has 3 rings (SSSR count). The number of hydrogen-bond donors (Lipinski definition) is 1. The number of ether oxygens (including phenoxy) is 3. The number of benzene rings is 1. The van der Waals surface area contributed by atoms with E-state index in [2.05, 4.69) is 5.32 Å². The highest BCUT2D eigenvalue weighted by Crippen LogP contribution is 2.33. The summed E-state index contributed by atoms with van der Waals surface area (Å²) in [7, 11) is 0. The Morgan fingerprint density at radius 1 is 1.25 bits per heavy atom. The number of amides is 2. The molecule has 1 saturated heterocycles. The van der Waals surface area contributed by atoms with Crippen molar-refractivity contribution in [3.8, 4) is 0 Å². The second-order valence-corrected chi connectivity index (χ2v) is 7.68. The van der Waals surface area contributed by atoms with Gasteiger partial charge in [-0.2, -0.15) is 0 Å². The van der Waals surface area contributed by atoms with Crippen molar-refractivity contribution in [2.24, 2.45) is 0 Å². The van der Waals surface area contributed by atoms with Gasteiger partial charge in [0.1, 0.15) is 36.7 Å². The molecule has 2 amide bonds. The summed E-state index contributed by atoms with van der Waals surface area (Å²) in [4.78, 5) is 38.5. The van der Waals surface area contributed by atoms with Crippen molar-refractivity contribution >= 4 is 18.0 Å². The van der Waals surface area contributed by atoms with Gasteiger partial charge < -0.3 is 19.5 Å². The van der Waals surface area contributed by atoms with Crippen LogP contribution in [-0.2, 0) is 30.4 Å². The minimum Gasteiger partial charge on any atom is -0.494 e. The fourth-order valence-corrected chi connectivity index (χ4v) is 3.06. The lowest BCUT2D eigenvalue weighted by molar-refractivity contribution is -0.165. The minimum atomic E-state index is -0.811. The second kappa shape index (κ2) is 7.53. The molecule has 2 atom stereocenters. The van der Waals surface area contributed by atoms with E-state index in [1.807, 2.05) is 30.3 Å². The number of nitrogens with zero attached hydrogens (tertiary/aromatic N) is 1. The van der Waals surface area contributed by atoms with E-state index >= 15 is 0 Å². The summed E-state index contributed by atoms with van der Waals surface area (Å²) in [6, 6.07) is 7.92. The lowest BCUT2D eigenvalue weighted by Gasteiger charge is -2.49. The number of carbonyl (C=O) groups is 3. The van der Waals surface area contributed by atoms with Crippen LogP contribution in [-0.4, -0.2) is 47.2 Å². The van der Waals surface area contributed by atoms with E-state index in [1.54, 1.807) is 27.7 Å². The van der Waals surface area contributed by atoms with Gasteiger partial charge in [-0.1, -0.05) is 30.3 Å². The van der Waals surface area contributed by atoms with Gasteiger partial charge in [0.05, 0.1) is 0 Å². The van der Waals surface area contributed by atoms with Crippen molar-refractivity contribution in [2.45, 2.75) is 52.0 Å². The number of fused-ring (bicyclic) bond motifs is 1. The first-order valence-electron chi connectivity index (χ1n) is 9.04. The zero-order valence-electron chi connectivity index (χ0n) is 16.4. The Labute approximate surface area is 163 Å². The Kier molecular flexibility index (Phi) is 5.31. The predicted molar refractivity (Wildman–Crippen MR) is 98.7 cm³/mol. The summed E-state index contributed by atoms with van der Waals surface area (Å²) < 4.78 is 16.1. The van der Waals surface area contributed by atoms with Crippen LogP contribution < -0.4 is 5.32 Å². The average molecular weight is 388 g/mol. The second-order valence-electron chi connectivity index (χ2n) is 7.68. The SMILES string of the molecule is CC1=C(C(=O)OC(C)(C)C)N2C(=O)[C@H](NC(=O)OCc3ccccc3)[C@H]2CO1. The van der Waals surface area contributed by atoms with Crippen LogP contribution in [0.25, 0.3) is 0 Å². The molecular weight excluding hydrogens is 364 g/mol. The Balaban J connectivity index is 1.61. The van der Waals surface area contributed by atoms with Crippen molar-refractivity contribution in [1.29, 1.82) is 0 Å². The van der Waals surface area contributed by atoms with Crippen LogP contribution >= 0.6 is 0 Å². The predicted octanol–water partition coefficient (Wildman–Crippen LogP) is 2.10.